The summed E-state index contributed by atoms with van der Waals surface area (Å²) in [5.74, 6) is -0.381. The Hall–Kier alpha value is -1.04. The lowest BCUT2D eigenvalue weighted by atomic mass is 9.91. The van der Waals surface area contributed by atoms with E-state index in [1.807, 2.05) is 0 Å². The number of rotatable bonds is 6. The normalized spacial score (nSPS) is 15.5. The van der Waals surface area contributed by atoms with E-state index in [-0.39, 0.29) is 17.4 Å². The molecule has 19 heavy (non-hydrogen) atoms. The van der Waals surface area contributed by atoms with Crippen molar-refractivity contribution in [1.29, 1.82) is 0 Å². The molecule has 1 aromatic rings. The van der Waals surface area contributed by atoms with E-state index >= 15 is 0 Å². The summed E-state index contributed by atoms with van der Waals surface area (Å²) in [6, 6.07) is 5.40. The molecule has 0 spiro atoms. The number of benzene rings is 1. The Morgan fingerprint density at radius 1 is 1.47 bits per heavy atom. The highest BCUT2D eigenvalue weighted by molar-refractivity contribution is 7.80. The number of nitrogens with two attached hydrogens (primary N) is 1. The topological polar surface area (TPSA) is 49.5 Å². The quantitative estimate of drug-likeness (QED) is 0.781. The van der Waals surface area contributed by atoms with Crippen molar-refractivity contribution in [2.24, 2.45) is 5.73 Å². The zero-order chi connectivity index (χ0) is 13.8. The average Bonchev–Trinajstić information content (AvgIpc) is 2.29. The second-order valence-electron chi connectivity index (χ2n) is 4.96. The molecule has 1 aliphatic rings. The molecule has 0 aromatic heterocycles. The van der Waals surface area contributed by atoms with Crippen molar-refractivity contribution < 1.29 is 9.50 Å². The summed E-state index contributed by atoms with van der Waals surface area (Å²) in [6.45, 7) is 1.48. The summed E-state index contributed by atoms with van der Waals surface area (Å²) >= 11 is 4.84. The predicted molar refractivity (Wildman–Crippen MR) is 77.4 cm³/mol. The number of nitrogens with zero attached hydrogens (tertiary/aromatic N) is 1. The third-order valence-electron chi connectivity index (χ3n) is 3.66. The molecule has 0 radical (unpaired) electrons. The fourth-order valence-corrected chi connectivity index (χ4v) is 2.52. The van der Waals surface area contributed by atoms with Gasteiger partial charge in [0.15, 0.2) is 0 Å². The van der Waals surface area contributed by atoms with Gasteiger partial charge < -0.3 is 10.8 Å². The van der Waals surface area contributed by atoms with Crippen LogP contribution in [0.5, 0.6) is 0 Å². The minimum atomic E-state index is -0.381. The van der Waals surface area contributed by atoms with Gasteiger partial charge in [-0.3, -0.25) is 4.90 Å². The van der Waals surface area contributed by atoms with Crippen LogP contribution in [0.4, 0.5) is 4.39 Å². The summed E-state index contributed by atoms with van der Waals surface area (Å²) < 4.78 is 13.5. The molecule has 5 heteroatoms. The first kappa shape index (κ1) is 14.4. The van der Waals surface area contributed by atoms with Gasteiger partial charge in [-0.1, -0.05) is 24.7 Å². The van der Waals surface area contributed by atoms with E-state index < -0.39 is 0 Å². The van der Waals surface area contributed by atoms with Crippen molar-refractivity contribution in [3.05, 3.63) is 35.1 Å². The standard InChI is InChI=1S/C14H19FN2OS/c15-13-5-4-10(8-12(13)14(16)19)9-17(6-7-18)11-2-1-3-11/h4-5,8,11,18H,1-3,6-7,9H2,(H2,16,19). The predicted octanol–water partition coefficient (Wildman–Crippen LogP) is 1.81. The van der Waals surface area contributed by atoms with Crippen LogP contribution in [0, 0.1) is 5.82 Å². The highest BCUT2D eigenvalue weighted by atomic mass is 32.1. The number of aliphatic hydroxyl groups excluding tert-OH is 1. The molecule has 3 N–H and O–H groups in total. The monoisotopic (exact) mass is 282 g/mol. The van der Waals surface area contributed by atoms with E-state index in [0.717, 1.165) is 5.56 Å². The fourth-order valence-electron chi connectivity index (χ4n) is 2.37. The second-order valence-corrected chi connectivity index (χ2v) is 5.40. The highest BCUT2D eigenvalue weighted by Gasteiger charge is 2.24. The van der Waals surface area contributed by atoms with Crippen LogP contribution in [0.2, 0.25) is 0 Å². The Morgan fingerprint density at radius 3 is 2.74 bits per heavy atom. The van der Waals surface area contributed by atoms with Crippen molar-refractivity contribution in [3.8, 4) is 0 Å². The summed E-state index contributed by atoms with van der Waals surface area (Å²) in [5.41, 5.74) is 6.78. The third-order valence-corrected chi connectivity index (χ3v) is 3.88. The Kier molecular flexibility index (Phi) is 4.85. The number of aliphatic hydroxyl groups is 1. The molecule has 1 fully saturated rings. The number of hydrogen-bond acceptors (Lipinski definition) is 3. The van der Waals surface area contributed by atoms with Crippen LogP contribution in [0.25, 0.3) is 0 Å². The molecule has 0 bridgehead atoms. The molecule has 0 aliphatic heterocycles. The van der Waals surface area contributed by atoms with Crippen LogP contribution in [0.3, 0.4) is 0 Å². The summed E-state index contributed by atoms with van der Waals surface area (Å²) in [7, 11) is 0. The maximum Gasteiger partial charge on any atom is 0.133 e. The van der Waals surface area contributed by atoms with Crippen molar-refractivity contribution in [1.82, 2.24) is 4.90 Å². The van der Waals surface area contributed by atoms with Crippen LogP contribution in [-0.2, 0) is 6.54 Å². The Bertz CT molecular complexity index is 463. The minimum absolute atomic E-state index is 0.0803. The van der Waals surface area contributed by atoms with Gasteiger partial charge in [0.2, 0.25) is 0 Å². The van der Waals surface area contributed by atoms with E-state index in [4.69, 9.17) is 23.1 Å². The van der Waals surface area contributed by atoms with Crippen LogP contribution in [0.1, 0.15) is 30.4 Å². The van der Waals surface area contributed by atoms with Crippen LogP contribution in [0.15, 0.2) is 18.2 Å². The van der Waals surface area contributed by atoms with Gasteiger partial charge in [-0.2, -0.15) is 0 Å². The highest BCUT2D eigenvalue weighted by Crippen LogP contribution is 2.26. The first-order valence-electron chi connectivity index (χ1n) is 6.55. The van der Waals surface area contributed by atoms with Gasteiger partial charge in [-0.15, -0.1) is 0 Å². The molecule has 0 atom stereocenters. The molecule has 0 unspecified atom stereocenters. The Labute approximate surface area is 118 Å². The first-order chi connectivity index (χ1) is 9.11. The summed E-state index contributed by atoms with van der Waals surface area (Å²) in [4.78, 5) is 2.32. The first-order valence-corrected chi connectivity index (χ1v) is 6.95. The number of hydrogen-bond donors (Lipinski definition) is 2. The molecule has 1 aliphatic carbocycles. The van der Waals surface area contributed by atoms with Gasteiger partial charge in [-0.05, 0) is 30.5 Å². The molecule has 104 valence electrons. The lowest BCUT2D eigenvalue weighted by Gasteiger charge is -2.37. The SMILES string of the molecule is NC(=S)c1cc(CN(CCO)C2CCC2)ccc1F. The number of thiocarbonyl (C=S) groups is 1. The van der Waals surface area contributed by atoms with Gasteiger partial charge >= 0.3 is 0 Å². The van der Waals surface area contributed by atoms with Gasteiger partial charge in [0, 0.05) is 24.7 Å². The van der Waals surface area contributed by atoms with E-state index in [1.165, 1.54) is 25.3 Å². The van der Waals surface area contributed by atoms with E-state index in [9.17, 15) is 4.39 Å². The Morgan fingerprint density at radius 2 is 2.21 bits per heavy atom. The minimum Gasteiger partial charge on any atom is -0.395 e. The van der Waals surface area contributed by atoms with Crippen molar-refractivity contribution >= 4 is 17.2 Å². The third kappa shape index (κ3) is 3.49. The van der Waals surface area contributed by atoms with E-state index in [0.29, 0.717) is 24.7 Å². The zero-order valence-electron chi connectivity index (χ0n) is 10.8. The fraction of sp³-hybridized carbons (Fsp3) is 0.500. The van der Waals surface area contributed by atoms with Crippen LogP contribution >= 0.6 is 12.2 Å². The molecule has 1 aromatic carbocycles. The van der Waals surface area contributed by atoms with Gasteiger partial charge in [-0.25, -0.2) is 4.39 Å². The summed E-state index contributed by atoms with van der Waals surface area (Å²) in [5, 5.41) is 9.13. The molecular weight excluding hydrogens is 263 g/mol. The maximum absolute atomic E-state index is 13.5. The molecule has 2 rings (SSSR count). The van der Waals surface area contributed by atoms with Crippen molar-refractivity contribution in [2.75, 3.05) is 13.2 Å². The van der Waals surface area contributed by atoms with Crippen LogP contribution < -0.4 is 5.73 Å². The molecule has 1 saturated carbocycles. The zero-order valence-corrected chi connectivity index (χ0v) is 11.6. The molecular formula is C14H19FN2OS. The summed E-state index contributed by atoms with van der Waals surface area (Å²) in [6.07, 6.45) is 3.58. The Balaban J connectivity index is 2.12. The molecule has 0 amide bonds. The second kappa shape index (κ2) is 6.41. The van der Waals surface area contributed by atoms with Crippen LogP contribution in [-0.4, -0.2) is 34.2 Å². The van der Waals surface area contributed by atoms with E-state index in [2.05, 4.69) is 4.90 Å². The number of halogens is 1. The molecule has 0 saturated heterocycles. The smallest absolute Gasteiger partial charge is 0.133 e. The lowest BCUT2D eigenvalue weighted by Crippen LogP contribution is -2.41. The largest absolute Gasteiger partial charge is 0.395 e. The molecule has 3 nitrogen and oxygen atoms in total. The lowest BCUT2D eigenvalue weighted by molar-refractivity contribution is 0.0945. The maximum atomic E-state index is 13.5. The van der Waals surface area contributed by atoms with E-state index in [1.54, 1.807) is 12.1 Å². The van der Waals surface area contributed by atoms with Gasteiger partial charge in [0.1, 0.15) is 10.8 Å². The average molecular weight is 282 g/mol. The van der Waals surface area contributed by atoms with Crippen molar-refractivity contribution in [2.45, 2.75) is 31.8 Å². The van der Waals surface area contributed by atoms with Gasteiger partial charge in [0.05, 0.1) is 6.61 Å². The van der Waals surface area contributed by atoms with Gasteiger partial charge in [0.25, 0.3) is 0 Å². The molecule has 0 heterocycles. The van der Waals surface area contributed by atoms with Crippen molar-refractivity contribution in [3.63, 3.8) is 0 Å².